The van der Waals surface area contributed by atoms with Crippen molar-refractivity contribution in [2.24, 2.45) is 0 Å². The Kier molecular flexibility index (Phi) is 4.71. The van der Waals surface area contributed by atoms with Crippen molar-refractivity contribution in [3.63, 3.8) is 0 Å². The Labute approximate surface area is 119 Å². The van der Waals surface area contributed by atoms with Gasteiger partial charge in [0.05, 0.1) is 0 Å². The lowest BCUT2D eigenvalue weighted by Gasteiger charge is -2.31. The second-order valence-electron chi connectivity index (χ2n) is 4.90. The van der Waals surface area contributed by atoms with E-state index in [0.29, 0.717) is 25.9 Å². The Morgan fingerprint density at radius 1 is 1.40 bits per heavy atom. The molecule has 2 rings (SSSR count). The molecule has 0 saturated carbocycles. The van der Waals surface area contributed by atoms with Gasteiger partial charge < -0.3 is 9.80 Å². The number of nitrogens with zero attached hydrogens (tertiary/aromatic N) is 3. The first kappa shape index (κ1) is 14.5. The summed E-state index contributed by atoms with van der Waals surface area (Å²) in [5.41, 5.74) is 0.831. The highest BCUT2D eigenvalue weighted by molar-refractivity contribution is 5.99. The Balaban J connectivity index is 2.20. The average molecular weight is 275 g/mol. The minimum atomic E-state index is -0.349. The molecule has 1 aliphatic heterocycles. The Bertz CT molecular complexity index is 475. The van der Waals surface area contributed by atoms with Crippen LogP contribution in [0.15, 0.2) is 24.5 Å². The maximum absolute atomic E-state index is 12.8. The lowest BCUT2D eigenvalue weighted by Crippen LogP contribution is -2.49. The highest BCUT2D eigenvalue weighted by Crippen LogP contribution is 2.20. The molecule has 20 heavy (non-hydrogen) atoms. The first-order valence-electron chi connectivity index (χ1n) is 7.19. The van der Waals surface area contributed by atoms with E-state index >= 15 is 0 Å². The Hall–Kier alpha value is -1.91. The SMILES string of the molecule is CC[C@@H](C(=O)N(CC)c1ccncc1)N1CCCC1=O. The zero-order chi connectivity index (χ0) is 14.5. The molecule has 0 bridgehead atoms. The summed E-state index contributed by atoms with van der Waals surface area (Å²) in [6.07, 6.45) is 5.40. The van der Waals surface area contributed by atoms with Gasteiger partial charge in [-0.05, 0) is 31.9 Å². The first-order chi connectivity index (χ1) is 9.69. The average Bonchev–Trinajstić information content (AvgIpc) is 2.88. The molecule has 0 N–H and O–H groups in total. The molecule has 1 saturated heterocycles. The van der Waals surface area contributed by atoms with E-state index in [9.17, 15) is 9.59 Å². The van der Waals surface area contributed by atoms with E-state index in [1.54, 1.807) is 22.2 Å². The maximum atomic E-state index is 12.8. The van der Waals surface area contributed by atoms with Gasteiger partial charge in [-0.25, -0.2) is 0 Å². The third kappa shape index (κ3) is 2.81. The number of carbonyl (C=O) groups is 2. The highest BCUT2D eigenvalue weighted by atomic mass is 16.2. The fraction of sp³-hybridized carbons (Fsp3) is 0.533. The van der Waals surface area contributed by atoms with E-state index in [-0.39, 0.29) is 17.9 Å². The van der Waals surface area contributed by atoms with E-state index in [4.69, 9.17) is 0 Å². The number of likely N-dealkylation sites (N-methyl/N-ethyl adjacent to an activating group) is 1. The monoisotopic (exact) mass is 275 g/mol. The van der Waals surface area contributed by atoms with Gasteiger partial charge in [-0.3, -0.25) is 14.6 Å². The molecule has 0 aromatic carbocycles. The van der Waals surface area contributed by atoms with Crippen LogP contribution in [0, 0.1) is 0 Å². The van der Waals surface area contributed by atoms with Crippen LogP contribution in [0.5, 0.6) is 0 Å². The van der Waals surface area contributed by atoms with Gasteiger partial charge >= 0.3 is 0 Å². The van der Waals surface area contributed by atoms with Crippen molar-refractivity contribution >= 4 is 17.5 Å². The molecule has 0 unspecified atom stereocenters. The quantitative estimate of drug-likeness (QED) is 0.824. The number of hydrogen-bond donors (Lipinski definition) is 0. The molecular weight excluding hydrogens is 254 g/mol. The van der Waals surface area contributed by atoms with Crippen LogP contribution in [0.25, 0.3) is 0 Å². The summed E-state index contributed by atoms with van der Waals surface area (Å²) in [5.74, 6) is 0.0902. The van der Waals surface area contributed by atoms with E-state index in [0.717, 1.165) is 12.1 Å². The lowest BCUT2D eigenvalue weighted by atomic mass is 10.1. The van der Waals surface area contributed by atoms with Crippen molar-refractivity contribution in [3.8, 4) is 0 Å². The molecule has 1 aromatic heterocycles. The minimum absolute atomic E-state index is 0.00329. The summed E-state index contributed by atoms with van der Waals surface area (Å²) in [6.45, 7) is 5.17. The van der Waals surface area contributed by atoms with Crippen molar-refractivity contribution in [3.05, 3.63) is 24.5 Å². The zero-order valence-corrected chi connectivity index (χ0v) is 12.1. The van der Waals surface area contributed by atoms with Gasteiger partial charge in [-0.1, -0.05) is 6.92 Å². The van der Waals surface area contributed by atoms with Gasteiger partial charge in [-0.15, -0.1) is 0 Å². The van der Waals surface area contributed by atoms with E-state index in [1.807, 2.05) is 26.0 Å². The van der Waals surface area contributed by atoms with Gasteiger partial charge in [0.15, 0.2) is 0 Å². The fourth-order valence-electron chi connectivity index (χ4n) is 2.70. The summed E-state index contributed by atoms with van der Waals surface area (Å²) in [6, 6.07) is 3.29. The molecule has 1 fully saturated rings. The standard InChI is InChI=1S/C15H21N3O2/c1-3-13(18-11-5-6-14(18)19)15(20)17(4-2)12-7-9-16-10-8-12/h7-10,13H,3-6,11H2,1-2H3/t13-/m0/s1. The van der Waals surface area contributed by atoms with Crippen molar-refractivity contribution in [2.75, 3.05) is 18.0 Å². The normalized spacial score (nSPS) is 16.3. The predicted molar refractivity (Wildman–Crippen MR) is 77.3 cm³/mol. The molecular formula is C15H21N3O2. The van der Waals surface area contributed by atoms with E-state index < -0.39 is 0 Å². The second kappa shape index (κ2) is 6.50. The molecule has 0 spiro atoms. The number of aromatic nitrogens is 1. The summed E-state index contributed by atoms with van der Waals surface area (Å²) in [5, 5.41) is 0. The fourth-order valence-corrected chi connectivity index (χ4v) is 2.70. The van der Waals surface area contributed by atoms with Crippen LogP contribution in [0.4, 0.5) is 5.69 Å². The summed E-state index contributed by atoms with van der Waals surface area (Å²) >= 11 is 0. The number of likely N-dealkylation sites (tertiary alicyclic amines) is 1. The second-order valence-corrected chi connectivity index (χ2v) is 4.90. The van der Waals surface area contributed by atoms with Crippen molar-refractivity contribution in [1.82, 2.24) is 9.88 Å². The van der Waals surface area contributed by atoms with Crippen LogP contribution in [0.3, 0.4) is 0 Å². The summed E-state index contributed by atoms with van der Waals surface area (Å²) in [4.78, 5) is 32.0. The van der Waals surface area contributed by atoms with Gasteiger partial charge in [-0.2, -0.15) is 0 Å². The molecule has 0 aliphatic carbocycles. The molecule has 0 radical (unpaired) electrons. The minimum Gasteiger partial charge on any atom is -0.331 e. The Morgan fingerprint density at radius 2 is 2.10 bits per heavy atom. The molecule has 2 amide bonds. The van der Waals surface area contributed by atoms with Crippen LogP contribution in [-0.4, -0.2) is 40.8 Å². The van der Waals surface area contributed by atoms with E-state index in [1.165, 1.54) is 0 Å². The number of carbonyl (C=O) groups excluding carboxylic acids is 2. The topological polar surface area (TPSA) is 53.5 Å². The molecule has 2 heterocycles. The summed E-state index contributed by atoms with van der Waals surface area (Å²) < 4.78 is 0. The van der Waals surface area contributed by atoms with Crippen molar-refractivity contribution < 1.29 is 9.59 Å². The predicted octanol–water partition coefficient (Wildman–Crippen LogP) is 1.84. The van der Waals surface area contributed by atoms with Gasteiger partial charge in [0, 0.05) is 37.6 Å². The molecule has 5 nitrogen and oxygen atoms in total. The van der Waals surface area contributed by atoms with Gasteiger partial charge in [0.25, 0.3) is 0 Å². The highest BCUT2D eigenvalue weighted by Gasteiger charge is 2.34. The molecule has 108 valence electrons. The van der Waals surface area contributed by atoms with Gasteiger partial charge in [0.2, 0.25) is 11.8 Å². The largest absolute Gasteiger partial charge is 0.331 e. The smallest absolute Gasteiger partial charge is 0.249 e. The number of amides is 2. The first-order valence-corrected chi connectivity index (χ1v) is 7.19. The molecule has 1 aliphatic rings. The van der Waals surface area contributed by atoms with Crippen molar-refractivity contribution in [1.29, 1.82) is 0 Å². The van der Waals surface area contributed by atoms with Crippen molar-refractivity contribution in [2.45, 2.75) is 39.2 Å². The van der Waals surface area contributed by atoms with Crippen LogP contribution in [0.2, 0.25) is 0 Å². The number of anilines is 1. The Morgan fingerprint density at radius 3 is 2.60 bits per heavy atom. The van der Waals surface area contributed by atoms with Crippen LogP contribution in [0.1, 0.15) is 33.1 Å². The van der Waals surface area contributed by atoms with E-state index in [2.05, 4.69) is 4.98 Å². The molecule has 1 aromatic rings. The van der Waals surface area contributed by atoms with Crippen LogP contribution < -0.4 is 4.90 Å². The van der Waals surface area contributed by atoms with Gasteiger partial charge in [0.1, 0.15) is 6.04 Å². The van der Waals surface area contributed by atoms with Crippen LogP contribution >= 0.6 is 0 Å². The number of hydrogen-bond acceptors (Lipinski definition) is 3. The molecule has 5 heteroatoms. The van der Waals surface area contributed by atoms with Crippen LogP contribution in [-0.2, 0) is 9.59 Å². The number of pyridine rings is 1. The third-order valence-electron chi connectivity index (χ3n) is 3.71. The third-order valence-corrected chi connectivity index (χ3v) is 3.71. The lowest BCUT2D eigenvalue weighted by molar-refractivity contribution is -0.136. The number of rotatable bonds is 5. The summed E-state index contributed by atoms with van der Waals surface area (Å²) in [7, 11) is 0. The zero-order valence-electron chi connectivity index (χ0n) is 12.1. The maximum Gasteiger partial charge on any atom is 0.249 e. The molecule has 1 atom stereocenters.